The van der Waals surface area contributed by atoms with Crippen LogP contribution >= 0.6 is 11.8 Å². The maximum atomic E-state index is 11.5. The highest BCUT2D eigenvalue weighted by Crippen LogP contribution is 2.18. The molecule has 1 aliphatic rings. The van der Waals surface area contributed by atoms with Crippen molar-refractivity contribution in [3.8, 4) is 0 Å². The van der Waals surface area contributed by atoms with E-state index in [-0.39, 0.29) is 29.4 Å². The Morgan fingerprint density at radius 3 is 2.53 bits per heavy atom. The van der Waals surface area contributed by atoms with Gasteiger partial charge >= 0.3 is 5.97 Å². The molecule has 0 spiro atoms. The highest BCUT2D eigenvalue weighted by molar-refractivity contribution is 8.00. The fourth-order valence-corrected chi connectivity index (χ4v) is 1.68. The molecule has 0 aromatic rings. The molecule has 1 rings (SSSR count). The van der Waals surface area contributed by atoms with Crippen molar-refractivity contribution >= 4 is 29.5 Å². The van der Waals surface area contributed by atoms with Crippen LogP contribution in [0.15, 0.2) is 0 Å². The quantitative estimate of drug-likeness (QED) is 0.578. The van der Waals surface area contributed by atoms with Crippen molar-refractivity contribution in [2.45, 2.75) is 31.8 Å². The SMILES string of the molecule is CC(NC(=O)CSCC(=O)O)C(=O)NC1CC1. The average Bonchev–Trinajstić information content (AvgIpc) is 3.00. The first-order valence-electron chi connectivity index (χ1n) is 5.38. The fraction of sp³-hybridized carbons (Fsp3) is 0.700. The summed E-state index contributed by atoms with van der Waals surface area (Å²) in [5, 5.41) is 13.7. The first kappa shape index (κ1) is 13.8. The third-order valence-electron chi connectivity index (χ3n) is 2.15. The van der Waals surface area contributed by atoms with Crippen LogP contribution in [0.1, 0.15) is 19.8 Å². The molecule has 0 radical (unpaired) electrons. The first-order chi connectivity index (χ1) is 7.99. The maximum Gasteiger partial charge on any atom is 0.313 e. The van der Waals surface area contributed by atoms with Crippen molar-refractivity contribution in [1.82, 2.24) is 10.6 Å². The van der Waals surface area contributed by atoms with E-state index in [9.17, 15) is 14.4 Å². The van der Waals surface area contributed by atoms with Crippen LogP contribution in [0.5, 0.6) is 0 Å². The number of carboxylic acids is 1. The van der Waals surface area contributed by atoms with Crippen molar-refractivity contribution in [1.29, 1.82) is 0 Å². The molecule has 1 saturated carbocycles. The number of rotatable bonds is 7. The van der Waals surface area contributed by atoms with Gasteiger partial charge in [-0.1, -0.05) is 0 Å². The number of nitrogens with one attached hydrogen (secondary N) is 2. The Balaban J connectivity index is 2.15. The van der Waals surface area contributed by atoms with Gasteiger partial charge in [-0.25, -0.2) is 0 Å². The molecule has 1 fully saturated rings. The largest absolute Gasteiger partial charge is 0.481 e. The summed E-state index contributed by atoms with van der Waals surface area (Å²) >= 11 is 1.01. The standard InChI is InChI=1S/C10H16N2O4S/c1-6(10(16)12-7-2-3-7)11-8(13)4-17-5-9(14)15/h6-7H,2-5H2,1H3,(H,11,13)(H,12,16)(H,14,15). The van der Waals surface area contributed by atoms with E-state index < -0.39 is 12.0 Å². The van der Waals surface area contributed by atoms with Crippen LogP contribution < -0.4 is 10.6 Å². The molecule has 0 aromatic carbocycles. The lowest BCUT2D eigenvalue weighted by atomic mass is 10.3. The number of amides is 2. The topological polar surface area (TPSA) is 95.5 Å². The van der Waals surface area contributed by atoms with E-state index >= 15 is 0 Å². The summed E-state index contributed by atoms with van der Waals surface area (Å²) in [5.74, 6) is -1.54. The molecular formula is C10H16N2O4S. The summed E-state index contributed by atoms with van der Waals surface area (Å²) < 4.78 is 0. The molecule has 0 heterocycles. The maximum absolute atomic E-state index is 11.5. The van der Waals surface area contributed by atoms with Crippen LogP contribution in [-0.4, -0.2) is 46.5 Å². The number of carboxylic acid groups (broad SMARTS) is 1. The molecule has 1 unspecified atom stereocenters. The minimum Gasteiger partial charge on any atom is -0.481 e. The normalized spacial score (nSPS) is 16.1. The van der Waals surface area contributed by atoms with E-state index in [1.807, 2.05) is 0 Å². The second kappa shape index (κ2) is 6.48. The lowest BCUT2D eigenvalue weighted by molar-refractivity contribution is -0.134. The van der Waals surface area contributed by atoms with Gasteiger partial charge in [0, 0.05) is 6.04 Å². The molecule has 2 amide bonds. The van der Waals surface area contributed by atoms with Gasteiger partial charge in [-0.2, -0.15) is 0 Å². The van der Waals surface area contributed by atoms with Crippen LogP contribution in [0.4, 0.5) is 0 Å². The highest BCUT2D eigenvalue weighted by atomic mass is 32.2. The number of hydrogen-bond donors (Lipinski definition) is 3. The minimum atomic E-state index is -0.956. The predicted molar refractivity (Wildman–Crippen MR) is 63.7 cm³/mol. The average molecular weight is 260 g/mol. The molecule has 3 N–H and O–H groups in total. The van der Waals surface area contributed by atoms with Gasteiger partial charge in [0.2, 0.25) is 11.8 Å². The van der Waals surface area contributed by atoms with E-state index in [1.54, 1.807) is 6.92 Å². The molecule has 96 valence electrons. The van der Waals surface area contributed by atoms with Crippen LogP contribution in [0.25, 0.3) is 0 Å². The third-order valence-corrected chi connectivity index (χ3v) is 3.07. The van der Waals surface area contributed by atoms with Crippen molar-refractivity contribution in [2.24, 2.45) is 0 Å². The third kappa shape index (κ3) is 6.15. The molecule has 7 heteroatoms. The monoisotopic (exact) mass is 260 g/mol. The van der Waals surface area contributed by atoms with Gasteiger partial charge in [-0.3, -0.25) is 14.4 Å². The Morgan fingerprint density at radius 1 is 1.35 bits per heavy atom. The van der Waals surface area contributed by atoms with Crippen LogP contribution in [0.3, 0.4) is 0 Å². The van der Waals surface area contributed by atoms with Gasteiger partial charge in [0.05, 0.1) is 11.5 Å². The highest BCUT2D eigenvalue weighted by Gasteiger charge is 2.26. The molecule has 6 nitrogen and oxygen atoms in total. The second-order valence-electron chi connectivity index (χ2n) is 3.96. The summed E-state index contributed by atoms with van der Waals surface area (Å²) in [5.41, 5.74) is 0. The Bertz CT molecular complexity index is 317. The summed E-state index contributed by atoms with van der Waals surface area (Å²) in [4.78, 5) is 33.0. The molecule has 0 aromatic heterocycles. The smallest absolute Gasteiger partial charge is 0.313 e. The molecule has 17 heavy (non-hydrogen) atoms. The van der Waals surface area contributed by atoms with Gasteiger partial charge in [-0.15, -0.1) is 11.8 Å². The molecule has 1 aliphatic carbocycles. The van der Waals surface area contributed by atoms with Gasteiger partial charge in [0.15, 0.2) is 0 Å². The van der Waals surface area contributed by atoms with E-state index in [2.05, 4.69) is 10.6 Å². The van der Waals surface area contributed by atoms with Crippen LogP contribution in [-0.2, 0) is 14.4 Å². The molecule has 0 saturated heterocycles. The zero-order valence-electron chi connectivity index (χ0n) is 9.56. The molecule has 0 bridgehead atoms. The number of aliphatic carboxylic acids is 1. The predicted octanol–water partition coefficient (Wildman–Crippen LogP) is -0.412. The Kier molecular flexibility index (Phi) is 5.27. The number of thioether (sulfide) groups is 1. The molecule has 0 aliphatic heterocycles. The van der Waals surface area contributed by atoms with E-state index in [0.717, 1.165) is 24.6 Å². The van der Waals surface area contributed by atoms with E-state index in [0.29, 0.717) is 0 Å². The zero-order chi connectivity index (χ0) is 12.8. The van der Waals surface area contributed by atoms with Crippen molar-refractivity contribution in [3.63, 3.8) is 0 Å². The lowest BCUT2D eigenvalue weighted by Gasteiger charge is -2.13. The van der Waals surface area contributed by atoms with Gasteiger partial charge in [0.1, 0.15) is 6.04 Å². The van der Waals surface area contributed by atoms with E-state index in [4.69, 9.17) is 5.11 Å². The number of carbonyl (C=O) groups is 3. The zero-order valence-corrected chi connectivity index (χ0v) is 10.4. The van der Waals surface area contributed by atoms with Crippen LogP contribution in [0.2, 0.25) is 0 Å². The lowest BCUT2D eigenvalue weighted by Crippen LogP contribution is -2.46. The van der Waals surface area contributed by atoms with Crippen molar-refractivity contribution in [2.75, 3.05) is 11.5 Å². The number of hydrogen-bond acceptors (Lipinski definition) is 4. The Hall–Kier alpha value is -1.24. The Labute approximate surface area is 104 Å². The Morgan fingerprint density at radius 2 is 2.00 bits per heavy atom. The number of carbonyl (C=O) groups excluding carboxylic acids is 2. The molecular weight excluding hydrogens is 244 g/mol. The van der Waals surface area contributed by atoms with Crippen LogP contribution in [0, 0.1) is 0 Å². The fourth-order valence-electron chi connectivity index (χ4n) is 1.13. The summed E-state index contributed by atoms with van der Waals surface area (Å²) in [6.45, 7) is 1.61. The molecule has 1 atom stereocenters. The van der Waals surface area contributed by atoms with Crippen molar-refractivity contribution in [3.05, 3.63) is 0 Å². The summed E-state index contributed by atoms with van der Waals surface area (Å²) in [6.07, 6.45) is 2.00. The summed E-state index contributed by atoms with van der Waals surface area (Å²) in [7, 11) is 0. The van der Waals surface area contributed by atoms with Crippen molar-refractivity contribution < 1.29 is 19.5 Å². The van der Waals surface area contributed by atoms with E-state index in [1.165, 1.54) is 0 Å². The van der Waals surface area contributed by atoms with Gasteiger partial charge in [-0.05, 0) is 19.8 Å². The summed E-state index contributed by atoms with van der Waals surface area (Å²) in [6, 6.07) is -0.309. The minimum absolute atomic E-state index is 0.0490. The first-order valence-corrected chi connectivity index (χ1v) is 6.54. The van der Waals surface area contributed by atoms with Gasteiger partial charge < -0.3 is 15.7 Å². The van der Waals surface area contributed by atoms with Gasteiger partial charge in [0.25, 0.3) is 0 Å². The second-order valence-corrected chi connectivity index (χ2v) is 4.94.